The number of fused-ring (bicyclic) bond motifs is 1. The van der Waals surface area contributed by atoms with E-state index in [0.29, 0.717) is 44.5 Å². The molecule has 4 rings (SSSR count). The van der Waals surface area contributed by atoms with Crippen molar-refractivity contribution >= 4 is 22.7 Å². The molecule has 0 spiro atoms. The Kier molecular flexibility index (Phi) is 5.97. The number of aromatic nitrogens is 1. The summed E-state index contributed by atoms with van der Waals surface area (Å²) in [6.07, 6.45) is 0. The topological polar surface area (TPSA) is 70.1 Å². The molecule has 2 saturated heterocycles. The Morgan fingerprint density at radius 1 is 1.10 bits per heavy atom. The molecule has 2 fully saturated rings. The van der Waals surface area contributed by atoms with Crippen LogP contribution < -0.4 is 10.1 Å². The Labute approximate surface area is 177 Å². The van der Waals surface area contributed by atoms with Gasteiger partial charge in [-0.3, -0.25) is 14.5 Å². The van der Waals surface area contributed by atoms with Crippen molar-refractivity contribution in [3.8, 4) is 5.75 Å². The molecule has 2 aliphatic rings. The molecule has 0 aliphatic carbocycles. The van der Waals surface area contributed by atoms with Crippen LogP contribution in [0.2, 0.25) is 0 Å². The smallest absolute Gasteiger partial charge is 0.270 e. The van der Waals surface area contributed by atoms with Crippen molar-refractivity contribution in [1.82, 2.24) is 24.6 Å². The molecule has 30 heavy (non-hydrogen) atoms. The first-order chi connectivity index (χ1) is 14.5. The fraction of sp³-hybridized carbons (Fsp3) is 0.545. The molecular formula is C22H31N5O3. The van der Waals surface area contributed by atoms with E-state index >= 15 is 0 Å². The molecule has 0 radical (unpaired) electrons. The highest BCUT2D eigenvalue weighted by atomic mass is 16.5. The molecule has 8 nitrogen and oxygen atoms in total. The van der Waals surface area contributed by atoms with Gasteiger partial charge in [-0.2, -0.15) is 0 Å². The zero-order valence-corrected chi connectivity index (χ0v) is 18.1. The van der Waals surface area contributed by atoms with Crippen molar-refractivity contribution < 1.29 is 14.3 Å². The van der Waals surface area contributed by atoms with Gasteiger partial charge < -0.3 is 24.4 Å². The molecule has 0 bridgehead atoms. The lowest BCUT2D eigenvalue weighted by molar-refractivity contribution is -0.134. The third-order valence-corrected chi connectivity index (χ3v) is 6.20. The van der Waals surface area contributed by atoms with Crippen molar-refractivity contribution in [2.24, 2.45) is 7.05 Å². The van der Waals surface area contributed by atoms with Crippen LogP contribution in [0.5, 0.6) is 5.75 Å². The molecule has 1 aromatic carbocycles. The lowest BCUT2D eigenvalue weighted by atomic mass is 10.2. The Hall–Kier alpha value is -2.58. The first kappa shape index (κ1) is 20.7. The normalized spacial score (nSPS) is 20.6. The van der Waals surface area contributed by atoms with E-state index < -0.39 is 0 Å². The van der Waals surface area contributed by atoms with Crippen molar-refractivity contribution in [2.75, 3.05) is 59.5 Å². The molecule has 1 aromatic heterocycles. The third kappa shape index (κ3) is 4.15. The molecule has 1 atom stereocenters. The van der Waals surface area contributed by atoms with Crippen LogP contribution in [0.3, 0.4) is 0 Å². The number of ether oxygens (including phenoxy) is 1. The van der Waals surface area contributed by atoms with E-state index in [1.807, 2.05) is 45.7 Å². The van der Waals surface area contributed by atoms with Crippen LogP contribution in [-0.2, 0) is 11.8 Å². The predicted molar refractivity (Wildman–Crippen MR) is 116 cm³/mol. The van der Waals surface area contributed by atoms with Crippen LogP contribution in [0.25, 0.3) is 10.9 Å². The second kappa shape index (κ2) is 8.65. The largest absolute Gasteiger partial charge is 0.497 e. The lowest BCUT2D eigenvalue weighted by Crippen LogP contribution is -2.55. The van der Waals surface area contributed by atoms with Crippen LogP contribution >= 0.6 is 0 Å². The van der Waals surface area contributed by atoms with Crippen molar-refractivity contribution in [3.05, 3.63) is 30.0 Å². The highest BCUT2D eigenvalue weighted by Crippen LogP contribution is 2.24. The average molecular weight is 414 g/mol. The molecular weight excluding hydrogens is 382 g/mol. The second-order valence-corrected chi connectivity index (χ2v) is 8.28. The molecule has 162 valence electrons. The minimum atomic E-state index is 0.00990. The average Bonchev–Trinajstić information content (AvgIpc) is 3.09. The van der Waals surface area contributed by atoms with E-state index in [4.69, 9.17) is 4.74 Å². The molecule has 2 amide bonds. The maximum Gasteiger partial charge on any atom is 0.270 e. The number of nitrogens with one attached hydrogen (secondary N) is 1. The van der Waals surface area contributed by atoms with Gasteiger partial charge in [0.05, 0.1) is 19.2 Å². The summed E-state index contributed by atoms with van der Waals surface area (Å²) in [6.45, 7) is 7.63. The quantitative estimate of drug-likeness (QED) is 0.802. The molecule has 2 aromatic rings. The summed E-state index contributed by atoms with van der Waals surface area (Å²) >= 11 is 0. The number of hydrogen-bond acceptors (Lipinski definition) is 5. The Morgan fingerprint density at radius 2 is 1.83 bits per heavy atom. The molecule has 0 unspecified atom stereocenters. The Balaban J connectivity index is 1.37. The van der Waals surface area contributed by atoms with Crippen molar-refractivity contribution in [3.63, 3.8) is 0 Å². The maximum atomic E-state index is 13.1. The Morgan fingerprint density at radius 3 is 2.53 bits per heavy atom. The highest BCUT2D eigenvalue weighted by molar-refractivity contribution is 5.99. The van der Waals surface area contributed by atoms with Crippen LogP contribution in [0.15, 0.2) is 24.3 Å². The highest BCUT2D eigenvalue weighted by Gasteiger charge is 2.28. The van der Waals surface area contributed by atoms with Crippen molar-refractivity contribution in [1.29, 1.82) is 0 Å². The summed E-state index contributed by atoms with van der Waals surface area (Å²) in [4.78, 5) is 31.8. The number of methoxy groups -OCH3 is 1. The monoisotopic (exact) mass is 413 g/mol. The van der Waals surface area contributed by atoms with Crippen LogP contribution in [0.4, 0.5) is 0 Å². The Bertz CT molecular complexity index is 932. The van der Waals surface area contributed by atoms with E-state index in [0.717, 1.165) is 36.3 Å². The number of amides is 2. The van der Waals surface area contributed by atoms with Gasteiger partial charge in [0, 0.05) is 70.4 Å². The summed E-state index contributed by atoms with van der Waals surface area (Å²) < 4.78 is 7.22. The van der Waals surface area contributed by atoms with Gasteiger partial charge in [-0.05, 0) is 25.1 Å². The minimum Gasteiger partial charge on any atom is -0.497 e. The molecule has 0 saturated carbocycles. The van der Waals surface area contributed by atoms with Gasteiger partial charge in [0.2, 0.25) is 5.91 Å². The summed E-state index contributed by atoms with van der Waals surface area (Å²) in [5, 5.41) is 4.41. The zero-order valence-electron chi connectivity index (χ0n) is 18.1. The number of aryl methyl sites for hydroxylation is 1. The summed E-state index contributed by atoms with van der Waals surface area (Å²) in [7, 11) is 3.54. The van der Waals surface area contributed by atoms with Crippen LogP contribution in [-0.4, -0.2) is 96.6 Å². The van der Waals surface area contributed by atoms with Gasteiger partial charge >= 0.3 is 0 Å². The standard InChI is InChI=1S/C22H31N5O3/c1-16-14-25(7-6-23-16)15-21(28)26-8-10-27(11-9-26)22(29)20-12-17-4-5-18(30-3)13-19(17)24(20)2/h4-5,12-13,16,23H,6-11,14-15H2,1-3H3/t16-/m1/s1. The number of nitrogens with zero attached hydrogens (tertiary/aromatic N) is 4. The lowest BCUT2D eigenvalue weighted by Gasteiger charge is -2.37. The number of hydrogen-bond donors (Lipinski definition) is 1. The first-order valence-electron chi connectivity index (χ1n) is 10.6. The van der Waals surface area contributed by atoms with Crippen LogP contribution in [0.1, 0.15) is 17.4 Å². The van der Waals surface area contributed by atoms with Gasteiger partial charge in [0.1, 0.15) is 11.4 Å². The summed E-state index contributed by atoms with van der Waals surface area (Å²) in [5.41, 5.74) is 1.63. The number of piperazine rings is 2. The van der Waals surface area contributed by atoms with E-state index in [1.54, 1.807) is 7.11 Å². The number of rotatable bonds is 4. The van der Waals surface area contributed by atoms with Gasteiger partial charge in [0.25, 0.3) is 5.91 Å². The number of carbonyl (C=O) groups is 2. The number of benzene rings is 1. The zero-order chi connectivity index (χ0) is 21.3. The molecule has 3 heterocycles. The van der Waals surface area contributed by atoms with Crippen LogP contribution in [0, 0.1) is 0 Å². The molecule has 2 aliphatic heterocycles. The predicted octanol–water partition coefficient (Wildman–Crippen LogP) is 0.765. The van der Waals surface area contributed by atoms with E-state index in [2.05, 4.69) is 17.1 Å². The van der Waals surface area contributed by atoms with Gasteiger partial charge in [-0.15, -0.1) is 0 Å². The fourth-order valence-corrected chi connectivity index (χ4v) is 4.41. The van der Waals surface area contributed by atoms with Crippen molar-refractivity contribution in [2.45, 2.75) is 13.0 Å². The second-order valence-electron chi connectivity index (χ2n) is 8.28. The SMILES string of the molecule is COc1ccc2cc(C(=O)N3CCN(C(=O)CN4CCN[C@H](C)C4)CC3)n(C)c2c1. The summed E-state index contributed by atoms with van der Waals surface area (Å²) in [6, 6.07) is 8.17. The van der Waals surface area contributed by atoms with E-state index in [9.17, 15) is 9.59 Å². The van der Waals surface area contributed by atoms with E-state index in [1.165, 1.54) is 0 Å². The molecule has 8 heteroatoms. The van der Waals surface area contributed by atoms with Gasteiger partial charge in [0.15, 0.2) is 0 Å². The van der Waals surface area contributed by atoms with Gasteiger partial charge in [-0.25, -0.2) is 0 Å². The molecule has 1 N–H and O–H groups in total. The fourth-order valence-electron chi connectivity index (χ4n) is 4.41. The number of carbonyl (C=O) groups excluding carboxylic acids is 2. The van der Waals surface area contributed by atoms with E-state index in [-0.39, 0.29) is 11.8 Å². The third-order valence-electron chi connectivity index (χ3n) is 6.20. The maximum absolute atomic E-state index is 13.1. The minimum absolute atomic E-state index is 0.00990. The summed E-state index contributed by atoms with van der Waals surface area (Å²) in [5.74, 6) is 0.942. The first-order valence-corrected chi connectivity index (χ1v) is 10.6. The van der Waals surface area contributed by atoms with Gasteiger partial charge in [-0.1, -0.05) is 0 Å².